The Bertz CT molecular complexity index is 309. The van der Waals surface area contributed by atoms with E-state index in [-0.39, 0.29) is 0 Å². The lowest BCUT2D eigenvalue weighted by Crippen LogP contribution is -2.52. The lowest BCUT2D eigenvalue weighted by molar-refractivity contribution is -0.0436. The van der Waals surface area contributed by atoms with Crippen LogP contribution in [-0.4, -0.2) is 50.3 Å². The molecule has 1 N–H and O–H groups in total. The van der Waals surface area contributed by atoms with Gasteiger partial charge in [-0.2, -0.15) is 0 Å². The zero-order chi connectivity index (χ0) is 13.9. The molecule has 3 heteroatoms. The van der Waals surface area contributed by atoms with Gasteiger partial charge in [0.15, 0.2) is 0 Å². The molecule has 1 aliphatic heterocycles. The number of morpholine rings is 1. The molecule has 0 aromatic heterocycles. The maximum Gasteiger partial charge on any atom is 0.0855 e. The van der Waals surface area contributed by atoms with Crippen LogP contribution in [0.5, 0.6) is 0 Å². The normalized spacial score (nSPS) is 39.3. The van der Waals surface area contributed by atoms with Gasteiger partial charge in [0.25, 0.3) is 0 Å². The highest BCUT2D eigenvalue weighted by Crippen LogP contribution is 2.50. The van der Waals surface area contributed by atoms with Crippen LogP contribution in [0.3, 0.4) is 0 Å². The topological polar surface area (TPSA) is 24.5 Å². The van der Waals surface area contributed by atoms with E-state index >= 15 is 0 Å². The number of likely N-dealkylation sites (N-methyl/N-ethyl adjacent to an activating group) is 1. The van der Waals surface area contributed by atoms with Crippen molar-refractivity contribution < 1.29 is 4.74 Å². The largest absolute Gasteiger partial charge is 0.374 e. The van der Waals surface area contributed by atoms with Crippen molar-refractivity contribution in [3.8, 4) is 0 Å². The van der Waals surface area contributed by atoms with Crippen LogP contribution in [-0.2, 0) is 4.74 Å². The van der Waals surface area contributed by atoms with Crippen LogP contribution in [0, 0.1) is 17.8 Å². The highest BCUT2D eigenvalue weighted by atomic mass is 16.5. The molecular weight excluding hydrogens is 248 g/mol. The van der Waals surface area contributed by atoms with E-state index in [2.05, 4.69) is 24.2 Å². The summed E-state index contributed by atoms with van der Waals surface area (Å²) < 4.78 is 6.09. The highest BCUT2D eigenvalue weighted by molar-refractivity contribution is 4.94. The van der Waals surface area contributed by atoms with Crippen LogP contribution in [0.25, 0.3) is 0 Å². The molecule has 3 aliphatic rings. The molecule has 20 heavy (non-hydrogen) atoms. The molecule has 0 spiro atoms. The second-order valence-corrected chi connectivity index (χ2v) is 7.40. The summed E-state index contributed by atoms with van der Waals surface area (Å²) in [6.07, 6.45) is 9.00. The molecule has 0 radical (unpaired) electrons. The molecule has 0 aromatic carbocycles. The van der Waals surface area contributed by atoms with Crippen molar-refractivity contribution in [3.05, 3.63) is 0 Å². The van der Waals surface area contributed by atoms with Gasteiger partial charge in [0.1, 0.15) is 0 Å². The van der Waals surface area contributed by atoms with Crippen LogP contribution in [0.4, 0.5) is 0 Å². The quantitative estimate of drug-likeness (QED) is 0.809. The number of hydrogen-bond acceptors (Lipinski definition) is 3. The van der Waals surface area contributed by atoms with Gasteiger partial charge in [0, 0.05) is 19.1 Å². The fraction of sp³-hybridized carbons (Fsp3) is 1.00. The smallest absolute Gasteiger partial charge is 0.0855 e. The molecular formula is C17H32N2O. The molecule has 5 unspecified atom stereocenters. The zero-order valence-electron chi connectivity index (χ0n) is 13.3. The summed E-state index contributed by atoms with van der Waals surface area (Å²) in [4.78, 5) is 2.43. The van der Waals surface area contributed by atoms with Crippen molar-refractivity contribution in [2.24, 2.45) is 17.8 Å². The van der Waals surface area contributed by atoms with E-state index in [0.717, 1.165) is 44.0 Å². The van der Waals surface area contributed by atoms with Crippen LogP contribution in [0.1, 0.15) is 45.4 Å². The van der Waals surface area contributed by atoms with Crippen molar-refractivity contribution in [2.45, 2.75) is 57.6 Å². The lowest BCUT2D eigenvalue weighted by atomic mass is 9.83. The summed E-state index contributed by atoms with van der Waals surface area (Å²) >= 11 is 0. The van der Waals surface area contributed by atoms with E-state index in [1.165, 1.54) is 38.5 Å². The Morgan fingerprint density at radius 3 is 2.85 bits per heavy atom. The first-order chi connectivity index (χ1) is 9.76. The third kappa shape index (κ3) is 3.37. The van der Waals surface area contributed by atoms with Gasteiger partial charge in [0.2, 0.25) is 0 Å². The second-order valence-electron chi connectivity index (χ2n) is 7.40. The minimum absolute atomic E-state index is 0.402. The van der Waals surface area contributed by atoms with E-state index in [1.807, 2.05) is 0 Å². The first-order valence-electron chi connectivity index (χ1n) is 8.79. The average molecular weight is 280 g/mol. The Kier molecular flexibility index (Phi) is 5.00. The highest BCUT2D eigenvalue weighted by Gasteiger charge is 2.41. The Morgan fingerprint density at radius 1 is 1.30 bits per heavy atom. The summed E-state index contributed by atoms with van der Waals surface area (Å²) in [5.74, 6) is 3.07. The van der Waals surface area contributed by atoms with Crippen molar-refractivity contribution in [2.75, 3.05) is 33.3 Å². The summed E-state index contributed by atoms with van der Waals surface area (Å²) in [7, 11) is 2.23. The number of rotatable bonds is 6. The van der Waals surface area contributed by atoms with Crippen molar-refractivity contribution in [1.29, 1.82) is 0 Å². The molecule has 2 saturated carbocycles. The van der Waals surface area contributed by atoms with Crippen LogP contribution < -0.4 is 5.32 Å². The van der Waals surface area contributed by atoms with Gasteiger partial charge < -0.3 is 15.0 Å². The summed E-state index contributed by atoms with van der Waals surface area (Å²) in [5.41, 5.74) is 0. The summed E-state index contributed by atoms with van der Waals surface area (Å²) in [6, 6.07) is 0.571. The summed E-state index contributed by atoms with van der Waals surface area (Å²) in [5, 5.41) is 3.79. The average Bonchev–Trinajstić information content (AvgIpc) is 3.06. The standard InChI is InChI=1S/C17H32N2O/c1-3-6-18-16(17-12-19(2)7-8-20-17)11-15-10-13-4-5-14(15)9-13/h13-18H,3-12H2,1-2H3. The van der Waals surface area contributed by atoms with Gasteiger partial charge in [0.05, 0.1) is 12.7 Å². The fourth-order valence-electron chi connectivity index (χ4n) is 4.74. The number of hydrogen-bond donors (Lipinski definition) is 1. The first kappa shape index (κ1) is 14.8. The van der Waals surface area contributed by atoms with Gasteiger partial charge in [-0.1, -0.05) is 13.3 Å². The molecule has 116 valence electrons. The Morgan fingerprint density at radius 2 is 2.20 bits per heavy atom. The number of nitrogens with zero attached hydrogens (tertiary/aromatic N) is 1. The number of fused-ring (bicyclic) bond motifs is 2. The zero-order valence-corrected chi connectivity index (χ0v) is 13.3. The van der Waals surface area contributed by atoms with Crippen molar-refractivity contribution >= 4 is 0 Å². The Hall–Kier alpha value is -0.120. The maximum atomic E-state index is 6.09. The lowest BCUT2D eigenvalue weighted by Gasteiger charge is -2.37. The SMILES string of the molecule is CCCNC(CC1CC2CCC1C2)C1CN(C)CCO1. The molecule has 3 rings (SSSR count). The molecule has 3 fully saturated rings. The van der Waals surface area contributed by atoms with Gasteiger partial charge in [-0.3, -0.25) is 0 Å². The first-order valence-corrected chi connectivity index (χ1v) is 8.79. The van der Waals surface area contributed by atoms with Gasteiger partial charge >= 0.3 is 0 Å². The monoisotopic (exact) mass is 280 g/mol. The minimum atomic E-state index is 0.402. The van der Waals surface area contributed by atoms with Crippen LogP contribution in [0.15, 0.2) is 0 Å². The molecule has 0 amide bonds. The number of ether oxygens (including phenoxy) is 1. The van der Waals surface area contributed by atoms with Gasteiger partial charge in [-0.15, -0.1) is 0 Å². The Balaban J connectivity index is 1.57. The second kappa shape index (κ2) is 6.76. The minimum Gasteiger partial charge on any atom is -0.374 e. The van der Waals surface area contributed by atoms with Gasteiger partial charge in [-0.05, 0) is 63.5 Å². The van der Waals surface area contributed by atoms with E-state index in [9.17, 15) is 0 Å². The molecule has 1 heterocycles. The third-order valence-electron chi connectivity index (χ3n) is 5.84. The third-order valence-corrected chi connectivity index (χ3v) is 5.84. The van der Waals surface area contributed by atoms with E-state index < -0.39 is 0 Å². The van der Waals surface area contributed by atoms with E-state index in [4.69, 9.17) is 4.74 Å². The molecule has 2 bridgehead atoms. The van der Waals surface area contributed by atoms with Crippen molar-refractivity contribution in [3.63, 3.8) is 0 Å². The maximum absolute atomic E-state index is 6.09. The fourth-order valence-corrected chi connectivity index (χ4v) is 4.74. The molecule has 5 atom stereocenters. The molecule has 0 aromatic rings. The predicted octanol–water partition coefficient (Wildman–Crippen LogP) is 2.51. The predicted molar refractivity (Wildman–Crippen MR) is 82.9 cm³/mol. The Labute approximate surface area is 124 Å². The molecule has 1 saturated heterocycles. The van der Waals surface area contributed by atoms with E-state index in [1.54, 1.807) is 0 Å². The van der Waals surface area contributed by atoms with Crippen LogP contribution >= 0.6 is 0 Å². The molecule has 2 aliphatic carbocycles. The van der Waals surface area contributed by atoms with E-state index in [0.29, 0.717) is 12.1 Å². The van der Waals surface area contributed by atoms with Crippen LogP contribution in [0.2, 0.25) is 0 Å². The van der Waals surface area contributed by atoms with Gasteiger partial charge in [-0.25, -0.2) is 0 Å². The van der Waals surface area contributed by atoms with Crippen molar-refractivity contribution in [1.82, 2.24) is 10.2 Å². The summed E-state index contributed by atoms with van der Waals surface area (Å²) in [6.45, 7) is 6.49. The molecule has 3 nitrogen and oxygen atoms in total. The number of nitrogens with one attached hydrogen (secondary N) is 1.